The van der Waals surface area contributed by atoms with Crippen LogP contribution in [-0.2, 0) is 16.0 Å². The number of rotatable bonds is 10. The molecule has 1 aliphatic heterocycles. The van der Waals surface area contributed by atoms with Gasteiger partial charge in [-0.2, -0.15) is 0 Å². The fourth-order valence-electron chi connectivity index (χ4n) is 4.01. The summed E-state index contributed by atoms with van der Waals surface area (Å²) in [7, 11) is 3.12. The third-order valence-electron chi connectivity index (χ3n) is 6.01. The lowest BCUT2D eigenvalue weighted by atomic mass is 10.1. The topological polar surface area (TPSA) is 89.5 Å². The smallest absolute Gasteiger partial charge is 0.238 e. The minimum absolute atomic E-state index is 0.0181. The van der Waals surface area contributed by atoms with Crippen molar-refractivity contribution in [2.75, 3.05) is 32.7 Å². The van der Waals surface area contributed by atoms with Crippen molar-refractivity contribution in [1.29, 1.82) is 0 Å². The first-order chi connectivity index (χ1) is 18.9. The van der Waals surface area contributed by atoms with E-state index in [9.17, 15) is 14.0 Å². The summed E-state index contributed by atoms with van der Waals surface area (Å²) >= 11 is 1.14. The number of nitrogens with zero attached hydrogens (tertiary/aromatic N) is 2. The molecule has 0 bridgehead atoms. The predicted octanol–water partition coefficient (Wildman–Crippen LogP) is 5.44. The molecule has 0 radical (unpaired) electrons. The Morgan fingerprint density at radius 3 is 2.51 bits per heavy atom. The van der Waals surface area contributed by atoms with Gasteiger partial charge in [-0.1, -0.05) is 30.0 Å². The highest BCUT2D eigenvalue weighted by atomic mass is 32.2. The maximum absolute atomic E-state index is 14.5. The van der Waals surface area contributed by atoms with Crippen LogP contribution in [0.3, 0.4) is 0 Å². The van der Waals surface area contributed by atoms with E-state index in [-0.39, 0.29) is 29.1 Å². The number of ether oxygens (including phenoxy) is 3. The number of halogens is 1. The number of thioether (sulfide) groups is 1. The van der Waals surface area contributed by atoms with Crippen LogP contribution in [0, 0.1) is 5.82 Å². The number of amides is 2. The van der Waals surface area contributed by atoms with Crippen molar-refractivity contribution in [3.05, 3.63) is 78.1 Å². The zero-order valence-electron chi connectivity index (χ0n) is 22.0. The summed E-state index contributed by atoms with van der Waals surface area (Å²) in [6.07, 6.45) is 0.474. The summed E-state index contributed by atoms with van der Waals surface area (Å²) in [5.41, 5.74) is 1.60. The minimum atomic E-state index is -0.730. The fourth-order valence-corrected chi connectivity index (χ4v) is 5.13. The number of carbonyl (C=O) groups excluding carboxylic acids is 2. The van der Waals surface area contributed by atoms with Gasteiger partial charge in [-0.05, 0) is 67.4 Å². The highest BCUT2D eigenvalue weighted by Crippen LogP contribution is 2.32. The third kappa shape index (κ3) is 7.08. The summed E-state index contributed by atoms with van der Waals surface area (Å²) in [6.45, 7) is 2.73. The summed E-state index contributed by atoms with van der Waals surface area (Å²) in [5.74, 6) is 0.769. The number of nitrogens with one attached hydrogen (secondary N) is 1. The monoisotopic (exact) mass is 551 g/mol. The second kappa shape index (κ2) is 13.1. The average molecular weight is 552 g/mol. The number of carbonyl (C=O) groups is 2. The molecule has 204 valence electrons. The van der Waals surface area contributed by atoms with Gasteiger partial charge in [0.1, 0.15) is 22.5 Å². The van der Waals surface area contributed by atoms with Crippen molar-refractivity contribution in [1.82, 2.24) is 4.90 Å². The van der Waals surface area contributed by atoms with Crippen LogP contribution < -0.4 is 19.5 Å². The molecule has 1 N–H and O–H groups in total. The molecule has 1 aliphatic rings. The van der Waals surface area contributed by atoms with Crippen LogP contribution in [0.4, 0.5) is 15.8 Å². The molecule has 0 saturated carbocycles. The van der Waals surface area contributed by atoms with Crippen LogP contribution in [0.15, 0.2) is 71.7 Å². The molecule has 0 unspecified atom stereocenters. The molecule has 2 amide bonds. The van der Waals surface area contributed by atoms with Gasteiger partial charge >= 0.3 is 0 Å². The van der Waals surface area contributed by atoms with Crippen molar-refractivity contribution in [3.63, 3.8) is 0 Å². The Balaban J connectivity index is 1.53. The maximum Gasteiger partial charge on any atom is 0.238 e. The largest absolute Gasteiger partial charge is 0.494 e. The number of anilines is 1. The molecule has 3 aromatic rings. The standard InChI is InChI=1S/C29H30FN3O5S/c1-4-38-21-12-10-20(11-13-21)31-28(35)26-18-27(34)33(29(39-26)32-23-8-6-5-7-22(23)30)16-15-19-9-14-24(36-2)25(17-19)37-3/h5-14,17,26H,4,15-16,18H2,1-3H3,(H,31,35)/t26-/m0/s1. The number of para-hydroxylation sites is 1. The number of hydrogen-bond donors (Lipinski definition) is 1. The van der Waals surface area contributed by atoms with E-state index >= 15 is 0 Å². The van der Waals surface area contributed by atoms with Crippen LogP contribution in [0.25, 0.3) is 0 Å². The summed E-state index contributed by atoms with van der Waals surface area (Å²) < 4.78 is 30.6. The van der Waals surface area contributed by atoms with Gasteiger partial charge in [-0.15, -0.1) is 0 Å². The molecule has 39 heavy (non-hydrogen) atoms. The third-order valence-corrected chi connectivity index (χ3v) is 7.19. The Bertz CT molecular complexity index is 1350. The molecular weight excluding hydrogens is 521 g/mol. The number of benzene rings is 3. The minimum Gasteiger partial charge on any atom is -0.494 e. The molecule has 8 nitrogen and oxygen atoms in total. The average Bonchev–Trinajstić information content (AvgIpc) is 2.94. The molecule has 1 saturated heterocycles. The Morgan fingerprint density at radius 2 is 1.82 bits per heavy atom. The van der Waals surface area contributed by atoms with E-state index in [1.54, 1.807) is 56.7 Å². The molecule has 1 heterocycles. The fraction of sp³-hybridized carbons (Fsp3) is 0.276. The van der Waals surface area contributed by atoms with Crippen LogP contribution in [-0.4, -0.2) is 54.5 Å². The van der Waals surface area contributed by atoms with E-state index in [2.05, 4.69) is 10.3 Å². The van der Waals surface area contributed by atoms with Crippen molar-refractivity contribution in [2.45, 2.75) is 25.0 Å². The SMILES string of the molecule is CCOc1ccc(NC(=O)[C@@H]2CC(=O)N(CCc3ccc(OC)c(OC)c3)C(=Nc3ccccc3F)S2)cc1. The van der Waals surface area contributed by atoms with Crippen molar-refractivity contribution in [3.8, 4) is 17.2 Å². The quantitative estimate of drug-likeness (QED) is 0.361. The van der Waals surface area contributed by atoms with Gasteiger partial charge in [0.05, 0.1) is 20.8 Å². The van der Waals surface area contributed by atoms with E-state index < -0.39 is 11.1 Å². The molecule has 0 aromatic heterocycles. The first kappa shape index (κ1) is 28.0. The summed E-state index contributed by atoms with van der Waals surface area (Å²) in [5, 5.41) is 2.39. The van der Waals surface area contributed by atoms with Crippen LogP contribution in [0.5, 0.6) is 17.2 Å². The summed E-state index contributed by atoms with van der Waals surface area (Å²) in [4.78, 5) is 32.4. The molecule has 1 fully saturated rings. The molecule has 3 aromatic carbocycles. The highest BCUT2D eigenvalue weighted by molar-refractivity contribution is 8.15. The normalized spacial score (nSPS) is 16.2. The van der Waals surface area contributed by atoms with E-state index in [1.807, 2.05) is 19.1 Å². The molecule has 4 rings (SSSR count). The lowest BCUT2D eigenvalue weighted by molar-refractivity contribution is -0.129. The number of amidine groups is 1. The first-order valence-corrected chi connectivity index (χ1v) is 13.3. The maximum atomic E-state index is 14.5. The Hall–Kier alpha value is -4.05. The molecule has 1 atom stereocenters. The van der Waals surface area contributed by atoms with E-state index in [0.717, 1.165) is 17.3 Å². The Morgan fingerprint density at radius 1 is 1.08 bits per heavy atom. The number of hydrogen-bond acceptors (Lipinski definition) is 7. The first-order valence-electron chi connectivity index (χ1n) is 12.5. The van der Waals surface area contributed by atoms with Gasteiger partial charge in [0.2, 0.25) is 11.8 Å². The Labute approximate surface area is 231 Å². The van der Waals surface area contributed by atoms with Gasteiger partial charge in [0, 0.05) is 18.7 Å². The van der Waals surface area contributed by atoms with Gasteiger partial charge in [0.15, 0.2) is 16.7 Å². The lowest BCUT2D eigenvalue weighted by Gasteiger charge is -2.32. The van der Waals surface area contributed by atoms with E-state index in [0.29, 0.717) is 42.5 Å². The Kier molecular flexibility index (Phi) is 9.43. The highest BCUT2D eigenvalue weighted by Gasteiger charge is 2.36. The number of methoxy groups -OCH3 is 2. The molecular formula is C29H30FN3O5S. The summed E-state index contributed by atoms with van der Waals surface area (Å²) in [6, 6.07) is 18.6. The van der Waals surface area contributed by atoms with E-state index in [4.69, 9.17) is 14.2 Å². The van der Waals surface area contributed by atoms with Crippen LogP contribution in [0.2, 0.25) is 0 Å². The molecule has 0 aliphatic carbocycles. The predicted molar refractivity (Wildman–Crippen MR) is 151 cm³/mol. The second-order valence-corrected chi connectivity index (χ2v) is 9.76. The lowest BCUT2D eigenvalue weighted by Crippen LogP contribution is -2.46. The zero-order valence-corrected chi connectivity index (χ0v) is 22.8. The zero-order chi connectivity index (χ0) is 27.8. The van der Waals surface area contributed by atoms with Crippen molar-refractivity contribution >= 4 is 40.1 Å². The van der Waals surface area contributed by atoms with E-state index in [1.165, 1.54) is 17.0 Å². The van der Waals surface area contributed by atoms with Crippen molar-refractivity contribution < 1.29 is 28.2 Å². The van der Waals surface area contributed by atoms with Crippen LogP contribution >= 0.6 is 11.8 Å². The van der Waals surface area contributed by atoms with Gasteiger partial charge in [-0.25, -0.2) is 9.38 Å². The number of aliphatic imine (C=N–C) groups is 1. The van der Waals surface area contributed by atoms with Gasteiger partial charge in [0.25, 0.3) is 0 Å². The van der Waals surface area contributed by atoms with Crippen molar-refractivity contribution in [2.24, 2.45) is 4.99 Å². The second-order valence-electron chi connectivity index (χ2n) is 8.59. The molecule has 10 heteroatoms. The molecule has 0 spiro atoms. The van der Waals surface area contributed by atoms with Gasteiger partial charge in [-0.3, -0.25) is 14.5 Å². The van der Waals surface area contributed by atoms with Crippen LogP contribution in [0.1, 0.15) is 18.9 Å². The van der Waals surface area contributed by atoms with Gasteiger partial charge < -0.3 is 19.5 Å².